The van der Waals surface area contributed by atoms with E-state index in [4.69, 9.17) is 5.73 Å². The van der Waals surface area contributed by atoms with E-state index in [0.29, 0.717) is 17.1 Å². The molecule has 1 aromatic rings. The average Bonchev–Trinajstić information content (AvgIpc) is 2.29. The summed E-state index contributed by atoms with van der Waals surface area (Å²) in [5.41, 5.74) is 6.10. The molecule has 5 heteroatoms. The molecular weight excluding hydrogens is 236 g/mol. The first-order valence-corrected chi connectivity index (χ1v) is 7.24. The maximum Gasteiger partial charge on any atom is 0.242 e. The number of rotatable bonds is 6. The van der Waals surface area contributed by atoms with Crippen molar-refractivity contribution in [3.8, 4) is 0 Å². The Labute approximate surface area is 103 Å². The quantitative estimate of drug-likeness (QED) is 0.626. The van der Waals surface area contributed by atoms with E-state index in [2.05, 4.69) is 6.92 Å². The van der Waals surface area contributed by atoms with Gasteiger partial charge in [0.05, 0.1) is 4.90 Å². The van der Waals surface area contributed by atoms with E-state index in [1.165, 1.54) is 4.31 Å². The lowest BCUT2D eigenvalue weighted by atomic mass is 10.2. The molecule has 0 spiro atoms. The Balaban J connectivity index is 2.76. The fourth-order valence-corrected chi connectivity index (χ4v) is 2.73. The molecule has 0 fully saturated rings. The SMILES string of the molecule is CCCCCN(C)S(=O)(=O)c1ccc(N)cc1. The summed E-state index contributed by atoms with van der Waals surface area (Å²) in [4.78, 5) is 0.297. The van der Waals surface area contributed by atoms with E-state index in [9.17, 15) is 8.42 Å². The Kier molecular flexibility index (Phi) is 4.96. The van der Waals surface area contributed by atoms with E-state index in [1.807, 2.05) is 0 Å². The molecular formula is C12H20N2O2S. The van der Waals surface area contributed by atoms with Crippen LogP contribution in [0.3, 0.4) is 0 Å². The van der Waals surface area contributed by atoms with Gasteiger partial charge in [0.1, 0.15) is 0 Å². The van der Waals surface area contributed by atoms with Crippen LogP contribution in [0.15, 0.2) is 29.2 Å². The fraction of sp³-hybridized carbons (Fsp3) is 0.500. The lowest BCUT2D eigenvalue weighted by Crippen LogP contribution is -2.27. The molecule has 1 rings (SSSR count). The summed E-state index contributed by atoms with van der Waals surface area (Å²) >= 11 is 0. The summed E-state index contributed by atoms with van der Waals surface area (Å²) in [6.07, 6.45) is 3.01. The van der Waals surface area contributed by atoms with Crippen LogP contribution < -0.4 is 5.73 Å². The molecule has 0 saturated heterocycles. The molecule has 0 aliphatic carbocycles. The molecule has 0 aromatic heterocycles. The molecule has 0 aliphatic heterocycles. The number of unbranched alkanes of at least 4 members (excludes halogenated alkanes) is 2. The molecule has 96 valence electrons. The highest BCUT2D eigenvalue weighted by molar-refractivity contribution is 7.89. The first-order valence-electron chi connectivity index (χ1n) is 5.80. The van der Waals surface area contributed by atoms with Gasteiger partial charge in [-0.1, -0.05) is 19.8 Å². The van der Waals surface area contributed by atoms with E-state index in [-0.39, 0.29) is 0 Å². The highest BCUT2D eigenvalue weighted by atomic mass is 32.2. The number of sulfonamides is 1. The second-order valence-corrected chi connectivity index (χ2v) is 6.15. The number of anilines is 1. The Bertz CT molecular complexity index is 440. The smallest absolute Gasteiger partial charge is 0.242 e. The van der Waals surface area contributed by atoms with Gasteiger partial charge >= 0.3 is 0 Å². The number of nitrogen functional groups attached to an aromatic ring is 1. The number of nitrogens with two attached hydrogens (primary N) is 1. The predicted molar refractivity (Wildman–Crippen MR) is 70.2 cm³/mol. The van der Waals surface area contributed by atoms with E-state index in [1.54, 1.807) is 31.3 Å². The number of nitrogens with zero attached hydrogens (tertiary/aromatic N) is 1. The molecule has 0 unspecified atom stereocenters. The van der Waals surface area contributed by atoms with Gasteiger partial charge in [-0.3, -0.25) is 0 Å². The number of benzene rings is 1. The van der Waals surface area contributed by atoms with Crippen molar-refractivity contribution in [2.24, 2.45) is 0 Å². The third-order valence-electron chi connectivity index (χ3n) is 2.66. The Hall–Kier alpha value is -1.07. The zero-order valence-electron chi connectivity index (χ0n) is 10.4. The van der Waals surface area contributed by atoms with Gasteiger partial charge < -0.3 is 5.73 Å². The third-order valence-corrected chi connectivity index (χ3v) is 4.54. The zero-order chi connectivity index (χ0) is 12.9. The summed E-state index contributed by atoms with van der Waals surface area (Å²) < 4.78 is 25.6. The van der Waals surface area contributed by atoms with Crippen LogP contribution in [0.2, 0.25) is 0 Å². The molecule has 2 N–H and O–H groups in total. The van der Waals surface area contributed by atoms with Gasteiger partial charge in [-0.2, -0.15) is 0 Å². The van der Waals surface area contributed by atoms with E-state index < -0.39 is 10.0 Å². The molecule has 0 radical (unpaired) electrons. The molecule has 4 nitrogen and oxygen atoms in total. The van der Waals surface area contributed by atoms with Crippen LogP contribution >= 0.6 is 0 Å². The first-order chi connectivity index (χ1) is 7.98. The van der Waals surface area contributed by atoms with Gasteiger partial charge in [0, 0.05) is 19.3 Å². The highest BCUT2D eigenvalue weighted by Crippen LogP contribution is 2.16. The monoisotopic (exact) mass is 256 g/mol. The van der Waals surface area contributed by atoms with Gasteiger partial charge in [0.25, 0.3) is 0 Å². The molecule has 0 amide bonds. The predicted octanol–water partition coefficient (Wildman–Crippen LogP) is 2.08. The molecule has 0 atom stereocenters. The Morgan fingerprint density at radius 3 is 2.29 bits per heavy atom. The normalized spacial score (nSPS) is 11.9. The van der Waals surface area contributed by atoms with Crippen molar-refractivity contribution < 1.29 is 8.42 Å². The first kappa shape index (κ1) is 14.0. The third kappa shape index (κ3) is 3.71. The van der Waals surface area contributed by atoms with Crippen LogP contribution in [0, 0.1) is 0 Å². The van der Waals surface area contributed by atoms with Gasteiger partial charge in [-0.25, -0.2) is 12.7 Å². The van der Waals surface area contributed by atoms with Crippen molar-refractivity contribution in [1.29, 1.82) is 0 Å². The summed E-state index contributed by atoms with van der Waals surface area (Å²) in [6.45, 7) is 2.65. The van der Waals surface area contributed by atoms with Crippen LogP contribution in [0.25, 0.3) is 0 Å². The highest BCUT2D eigenvalue weighted by Gasteiger charge is 2.19. The standard InChI is InChI=1S/C12H20N2O2S/c1-3-4-5-10-14(2)17(15,16)12-8-6-11(13)7-9-12/h6-9H,3-5,10,13H2,1-2H3. The summed E-state index contributed by atoms with van der Waals surface area (Å²) in [5, 5.41) is 0. The van der Waals surface area contributed by atoms with Crippen LogP contribution in [-0.4, -0.2) is 26.3 Å². The van der Waals surface area contributed by atoms with Gasteiger partial charge in [0.2, 0.25) is 10.0 Å². The lowest BCUT2D eigenvalue weighted by molar-refractivity contribution is 0.454. The minimum atomic E-state index is -3.36. The van der Waals surface area contributed by atoms with Crippen molar-refractivity contribution in [2.75, 3.05) is 19.3 Å². The summed E-state index contributed by atoms with van der Waals surface area (Å²) in [5.74, 6) is 0. The molecule has 0 bridgehead atoms. The van der Waals surface area contributed by atoms with Crippen molar-refractivity contribution in [1.82, 2.24) is 4.31 Å². The van der Waals surface area contributed by atoms with Gasteiger partial charge in [-0.05, 0) is 30.7 Å². The largest absolute Gasteiger partial charge is 0.399 e. The molecule has 0 saturated carbocycles. The van der Waals surface area contributed by atoms with Crippen LogP contribution in [0.5, 0.6) is 0 Å². The van der Waals surface area contributed by atoms with E-state index in [0.717, 1.165) is 19.3 Å². The van der Waals surface area contributed by atoms with E-state index >= 15 is 0 Å². The van der Waals surface area contributed by atoms with Crippen molar-refractivity contribution in [2.45, 2.75) is 31.1 Å². The maximum atomic E-state index is 12.1. The number of hydrogen-bond acceptors (Lipinski definition) is 3. The van der Waals surface area contributed by atoms with Crippen molar-refractivity contribution in [3.05, 3.63) is 24.3 Å². The summed E-state index contributed by atoms with van der Waals surface area (Å²) in [7, 11) is -1.75. The maximum absolute atomic E-state index is 12.1. The molecule has 0 heterocycles. The van der Waals surface area contributed by atoms with Crippen molar-refractivity contribution in [3.63, 3.8) is 0 Å². The van der Waals surface area contributed by atoms with Crippen LogP contribution in [0.1, 0.15) is 26.2 Å². The second-order valence-electron chi connectivity index (χ2n) is 4.10. The minimum Gasteiger partial charge on any atom is -0.399 e. The molecule has 1 aromatic carbocycles. The lowest BCUT2D eigenvalue weighted by Gasteiger charge is -2.17. The van der Waals surface area contributed by atoms with Gasteiger partial charge in [0.15, 0.2) is 0 Å². The summed E-state index contributed by atoms with van der Waals surface area (Å²) in [6, 6.07) is 6.29. The Morgan fingerprint density at radius 1 is 1.18 bits per heavy atom. The number of hydrogen-bond donors (Lipinski definition) is 1. The topological polar surface area (TPSA) is 63.4 Å². The Morgan fingerprint density at radius 2 is 1.76 bits per heavy atom. The molecule has 17 heavy (non-hydrogen) atoms. The molecule has 0 aliphatic rings. The van der Waals surface area contributed by atoms with Crippen LogP contribution in [-0.2, 0) is 10.0 Å². The van der Waals surface area contributed by atoms with Crippen LogP contribution in [0.4, 0.5) is 5.69 Å². The fourth-order valence-electron chi connectivity index (χ4n) is 1.52. The average molecular weight is 256 g/mol. The zero-order valence-corrected chi connectivity index (χ0v) is 11.2. The minimum absolute atomic E-state index is 0.297. The van der Waals surface area contributed by atoms with Gasteiger partial charge in [-0.15, -0.1) is 0 Å². The second kappa shape index (κ2) is 6.02. The van der Waals surface area contributed by atoms with Crippen molar-refractivity contribution >= 4 is 15.7 Å².